The van der Waals surface area contributed by atoms with E-state index in [0.717, 1.165) is 5.69 Å². The molecule has 0 radical (unpaired) electrons. The number of nitrogens with one attached hydrogen (secondary N) is 2. The Labute approximate surface area is 148 Å². The summed E-state index contributed by atoms with van der Waals surface area (Å²) >= 11 is 0. The molecule has 0 saturated heterocycles. The normalized spacial score (nSPS) is 12.3. The van der Waals surface area contributed by atoms with Gasteiger partial charge in [-0.1, -0.05) is 32.0 Å². The highest BCUT2D eigenvalue weighted by Gasteiger charge is 2.14. The summed E-state index contributed by atoms with van der Waals surface area (Å²) in [5.74, 6) is 1.77. The summed E-state index contributed by atoms with van der Waals surface area (Å²) < 4.78 is 10.6. The molecule has 0 aliphatic carbocycles. The van der Waals surface area contributed by atoms with Crippen LogP contribution in [0.2, 0.25) is 0 Å². The van der Waals surface area contributed by atoms with E-state index < -0.39 is 0 Å². The summed E-state index contributed by atoms with van der Waals surface area (Å²) in [6.07, 6.45) is 0.389. The second kappa shape index (κ2) is 7.47. The number of benzene rings is 2. The van der Waals surface area contributed by atoms with Crippen LogP contribution in [0.1, 0.15) is 37.3 Å². The Bertz CT molecular complexity index is 772. The molecule has 2 N–H and O–H groups in total. The highest BCUT2D eigenvalue weighted by atomic mass is 16.7. The number of ether oxygens (including phenoxy) is 2. The maximum absolute atomic E-state index is 12.2. The van der Waals surface area contributed by atoms with Crippen LogP contribution in [0.3, 0.4) is 0 Å². The first-order valence-corrected chi connectivity index (χ1v) is 8.57. The average molecular weight is 340 g/mol. The van der Waals surface area contributed by atoms with Crippen molar-refractivity contribution in [3.63, 3.8) is 0 Å². The van der Waals surface area contributed by atoms with Crippen LogP contribution in [0.4, 0.5) is 11.4 Å². The molecule has 1 amide bonds. The van der Waals surface area contributed by atoms with Crippen molar-refractivity contribution in [3.8, 4) is 11.5 Å². The van der Waals surface area contributed by atoms with Crippen LogP contribution in [-0.2, 0) is 4.79 Å². The van der Waals surface area contributed by atoms with Crippen LogP contribution in [0.15, 0.2) is 36.4 Å². The summed E-state index contributed by atoms with van der Waals surface area (Å²) in [5, 5.41) is 6.31. The molecule has 5 nitrogen and oxygen atoms in total. The van der Waals surface area contributed by atoms with E-state index in [0.29, 0.717) is 36.1 Å². The molecule has 25 heavy (non-hydrogen) atoms. The van der Waals surface area contributed by atoms with Crippen molar-refractivity contribution in [2.75, 3.05) is 24.0 Å². The number of carbonyl (C=O) groups is 1. The minimum absolute atomic E-state index is 0.0361. The number of anilines is 2. The lowest BCUT2D eigenvalue weighted by atomic mass is 9.98. The van der Waals surface area contributed by atoms with Gasteiger partial charge in [0.15, 0.2) is 11.5 Å². The Balaban J connectivity index is 1.55. The topological polar surface area (TPSA) is 59.6 Å². The third-order valence-corrected chi connectivity index (χ3v) is 4.24. The van der Waals surface area contributed by atoms with Gasteiger partial charge in [0.05, 0.1) is 0 Å². The number of amides is 1. The second-order valence-corrected chi connectivity index (χ2v) is 6.49. The van der Waals surface area contributed by atoms with E-state index in [1.165, 1.54) is 11.1 Å². The van der Waals surface area contributed by atoms with Gasteiger partial charge in [-0.2, -0.15) is 0 Å². The molecule has 0 aromatic heterocycles. The molecule has 2 aromatic carbocycles. The molecule has 0 unspecified atom stereocenters. The first-order valence-electron chi connectivity index (χ1n) is 8.57. The highest BCUT2D eigenvalue weighted by molar-refractivity contribution is 5.91. The molecule has 2 aromatic rings. The van der Waals surface area contributed by atoms with Crippen LogP contribution in [0, 0.1) is 6.92 Å². The van der Waals surface area contributed by atoms with Crippen LogP contribution < -0.4 is 20.1 Å². The van der Waals surface area contributed by atoms with Gasteiger partial charge in [0, 0.05) is 30.4 Å². The molecule has 0 saturated carbocycles. The molecule has 1 heterocycles. The minimum atomic E-state index is -0.0361. The van der Waals surface area contributed by atoms with Crippen molar-refractivity contribution >= 4 is 17.3 Å². The predicted octanol–water partition coefficient (Wildman–Crippen LogP) is 4.29. The number of para-hydroxylation sites is 1. The van der Waals surface area contributed by atoms with Crippen molar-refractivity contribution in [2.45, 2.75) is 33.1 Å². The molecule has 132 valence electrons. The van der Waals surface area contributed by atoms with E-state index in [4.69, 9.17) is 9.47 Å². The number of hydrogen-bond donors (Lipinski definition) is 2. The minimum Gasteiger partial charge on any atom is -0.454 e. The molecule has 0 fully saturated rings. The number of fused-ring (bicyclic) bond motifs is 1. The van der Waals surface area contributed by atoms with Crippen molar-refractivity contribution < 1.29 is 14.3 Å². The van der Waals surface area contributed by atoms with Gasteiger partial charge < -0.3 is 20.1 Å². The Kier molecular flexibility index (Phi) is 5.12. The first-order chi connectivity index (χ1) is 12.0. The standard InChI is InChI=1S/C20H24N2O3/c1-13(2)16-6-4-5-14(3)20(16)21-10-9-19(23)22-15-7-8-17-18(11-15)25-12-24-17/h4-8,11,13,21H,9-10,12H2,1-3H3,(H,22,23). The van der Waals surface area contributed by atoms with Crippen molar-refractivity contribution in [1.82, 2.24) is 0 Å². The van der Waals surface area contributed by atoms with Gasteiger partial charge in [-0.15, -0.1) is 0 Å². The fraction of sp³-hybridized carbons (Fsp3) is 0.350. The van der Waals surface area contributed by atoms with Crippen molar-refractivity contribution in [1.29, 1.82) is 0 Å². The van der Waals surface area contributed by atoms with Gasteiger partial charge in [-0.3, -0.25) is 4.79 Å². The Morgan fingerprint density at radius 1 is 1.16 bits per heavy atom. The third-order valence-electron chi connectivity index (χ3n) is 4.24. The molecule has 0 spiro atoms. The molecular formula is C20H24N2O3. The molecule has 1 aliphatic rings. The van der Waals surface area contributed by atoms with E-state index in [1.54, 1.807) is 12.1 Å². The van der Waals surface area contributed by atoms with Gasteiger partial charge in [0.25, 0.3) is 0 Å². The number of carbonyl (C=O) groups excluding carboxylic acids is 1. The zero-order valence-corrected chi connectivity index (χ0v) is 14.9. The highest BCUT2D eigenvalue weighted by Crippen LogP contribution is 2.34. The van der Waals surface area contributed by atoms with Crippen LogP contribution in [-0.4, -0.2) is 19.2 Å². The molecule has 3 rings (SSSR count). The van der Waals surface area contributed by atoms with Gasteiger partial charge >= 0.3 is 0 Å². The summed E-state index contributed by atoms with van der Waals surface area (Å²) in [4.78, 5) is 12.2. The van der Waals surface area contributed by atoms with Gasteiger partial charge in [0.1, 0.15) is 0 Å². The van der Waals surface area contributed by atoms with E-state index in [-0.39, 0.29) is 12.7 Å². The Hall–Kier alpha value is -2.69. The fourth-order valence-corrected chi connectivity index (χ4v) is 2.91. The quantitative estimate of drug-likeness (QED) is 0.824. The molecular weight excluding hydrogens is 316 g/mol. The average Bonchev–Trinajstić information content (AvgIpc) is 3.03. The largest absolute Gasteiger partial charge is 0.454 e. The lowest BCUT2D eigenvalue weighted by Crippen LogP contribution is -2.17. The molecule has 0 bridgehead atoms. The van der Waals surface area contributed by atoms with Crippen molar-refractivity contribution in [2.24, 2.45) is 0 Å². The van der Waals surface area contributed by atoms with E-state index in [9.17, 15) is 4.79 Å². The molecule has 5 heteroatoms. The fourth-order valence-electron chi connectivity index (χ4n) is 2.91. The zero-order valence-electron chi connectivity index (χ0n) is 14.9. The van der Waals surface area contributed by atoms with Crippen LogP contribution in [0.25, 0.3) is 0 Å². The lowest BCUT2D eigenvalue weighted by molar-refractivity contribution is -0.115. The summed E-state index contributed by atoms with van der Waals surface area (Å²) in [6.45, 7) is 7.24. The SMILES string of the molecule is Cc1cccc(C(C)C)c1NCCC(=O)Nc1ccc2c(c1)OCO2. The Morgan fingerprint density at radius 3 is 2.76 bits per heavy atom. The summed E-state index contributed by atoms with van der Waals surface area (Å²) in [7, 11) is 0. The smallest absolute Gasteiger partial charge is 0.231 e. The first kappa shape index (κ1) is 17.1. The van der Waals surface area contributed by atoms with Gasteiger partial charge in [-0.05, 0) is 36.1 Å². The number of rotatable bonds is 6. The third kappa shape index (κ3) is 4.05. The predicted molar refractivity (Wildman–Crippen MR) is 99.6 cm³/mol. The maximum atomic E-state index is 12.2. The van der Waals surface area contributed by atoms with Crippen LogP contribution >= 0.6 is 0 Å². The number of aryl methyl sites for hydroxylation is 1. The molecule has 1 aliphatic heterocycles. The number of hydrogen-bond acceptors (Lipinski definition) is 4. The molecule has 0 atom stereocenters. The van der Waals surface area contributed by atoms with E-state index >= 15 is 0 Å². The van der Waals surface area contributed by atoms with Crippen molar-refractivity contribution in [3.05, 3.63) is 47.5 Å². The van der Waals surface area contributed by atoms with Gasteiger partial charge in [0.2, 0.25) is 12.7 Å². The summed E-state index contributed by atoms with van der Waals surface area (Å²) in [5.41, 5.74) is 4.32. The Morgan fingerprint density at radius 2 is 1.96 bits per heavy atom. The van der Waals surface area contributed by atoms with E-state index in [2.05, 4.69) is 49.6 Å². The second-order valence-electron chi connectivity index (χ2n) is 6.49. The lowest BCUT2D eigenvalue weighted by Gasteiger charge is -2.17. The van der Waals surface area contributed by atoms with Crippen LogP contribution in [0.5, 0.6) is 11.5 Å². The van der Waals surface area contributed by atoms with E-state index in [1.807, 2.05) is 6.07 Å². The zero-order chi connectivity index (χ0) is 17.8. The maximum Gasteiger partial charge on any atom is 0.231 e. The van der Waals surface area contributed by atoms with Gasteiger partial charge in [-0.25, -0.2) is 0 Å². The summed E-state index contributed by atoms with van der Waals surface area (Å²) in [6, 6.07) is 11.7. The monoisotopic (exact) mass is 340 g/mol.